The minimum absolute atomic E-state index is 0.00984. The average Bonchev–Trinajstić information content (AvgIpc) is 2.35. The van der Waals surface area contributed by atoms with E-state index in [0.29, 0.717) is 19.5 Å². The van der Waals surface area contributed by atoms with Gasteiger partial charge in [0.1, 0.15) is 0 Å². The average molecular weight is 248 g/mol. The first-order valence-electron chi connectivity index (χ1n) is 6.40. The van der Waals surface area contributed by atoms with Crippen molar-refractivity contribution in [3.8, 4) is 0 Å². The molecule has 0 bridgehead atoms. The van der Waals surface area contributed by atoms with E-state index < -0.39 is 6.04 Å². The lowest BCUT2D eigenvalue weighted by molar-refractivity contribution is -0.140. The van der Waals surface area contributed by atoms with E-state index in [4.69, 9.17) is 10.8 Å². The highest BCUT2D eigenvalue weighted by Crippen LogP contribution is 2.16. The van der Waals surface area contributed by atoms with Crippen molar-refractivity contribution in [2.45, 2.75) is 18.9 Å². The van der Waals surface area contributed by atoms with E-state index in [1.54, 1.807) is 4.90 Å². The molecule has 0 saturated carbocycles. The highest BCUT2D eigenvalue weighted by atomic mass is 16.3. The second kappa shape index (κ2) is 5.98. The number of amides is 1. The van der Waals surface area contributed by atoms with E-state index in [1.165, 1.54) is 5.56 Å². The zero-order valence-corrected chi connectivity index (χ0v) is 10.5. The van der Waals surface area contributed by atoms with E-state index >= 15 is 0 Å². The topological polar surface area (TPSA) is 66.6 Å². The first kappa shape index (κ1) is 13.1. The maximum Gasteiger partial charge on any atom is 0.239 e. The lowest BCUT2D eigenvalue weighted by Crippen LogP contribution is -2.56. The molecule has 98 valence electrons. The number of carbonyl (C=O) groups is 1. The maximum atomic E-state index is 11.9. The highest BCUT2D eigenvalue weighted by molar-refractivity contribution is 5.82. The van der Waals surface area contributed by atoms with Crippen molar-refractivity contribution in [1.82, 2.24) is 4.90 Å². The number of aliphatic hydroxyl groups is 1. The Morgan fingerprint density at radius 1 is 1.39 bits per heavy atom. The van der Waals surface area contributed by atoms with Gasteiger partial charge in [0.25, 0.3) is 0 Å². The van der Waals surface area contributed by atoms with Crippen LogP contribution in [-0.4, -0.2) is 41.7 Å². The van der Waals surface area contributed by atoms with Crippen LogP contribution in [0.4, 0.5) is 0 Å². The summed E-state index contributed by atoms with van der Waals surface area (Å²) in [6.45, 7) is 1.45. The molecule has 3 N–H and O–H groups in total. The molecule has 1 fully saturated rings. The molecule has 18 heavy (non-hydrogen) atoms. The van der Waals surface area contributed by atoms with Gasteiger partial charge in [0, 0.05) is 25.6 Å². The Hall–Kier alpha value is -1.39. The number of likely N-dealkylation sites (tertiary alicyclic amines) is 1. The molecular weight excluding hydrogens is 228 g/mol. The molecule has 0 radical (unpaired) electrons. The Morgan fingerprint density at radius 3 is 2.67 bits per heavy atom. The van der Waals surface area contributed by atoms with Crippen LogP contribution in [0.15, 0.2) is 30.3 Å². The van der Waals surface area contributed by atoms with Crippen molar-refractivity contribution in [3.05, 3.63) is 35.9 Å². The van der Waals surface area contributed by atoms with Crippen molar-refractivity contribution in [2.24, 2.45) is 11.7 Å². The lowest BCUT2D eigenvalue weighted by Gasteiger charge is -2.39. The predicted molar refractivity (Wildman–Crippen MR) is 69.9 cm³/mol. The predicted octanol–water partition coefficient (Wildman–Crippen LogP) is 0.397. The van der Waals surface area contributed by atoms with Crippen LogP contribution in [0.2, 0.25) is 0 Å². The molecule has 2 rings (SSSR count). The van der Waals surface area contributed by atoms with Crippen molar-refractivity contribution in [3.63, 3.8) is 0 Å². The number of nitrogens with zero attached hydrogens (tertiary/aromatic N) is 1. The van der Waals surface area contributed by atoms with Crippen molar-refractivity contribution in [2.75, 3.05) is 19.7 Å². The lowest BCUT2D eigenvalue weighted by atomic mass is 9.98. The largest absolute Gasteiger partial charge is 0.396 e. The SMILES string of the molecule is N[C@@H](CCc1ccccc1)C(=O)N1CC(CO)C1. The molecule has 0 spiro atoms. The van der Waals surface area contributed by atoms with Gasteiger partial charge in [-0.05, 0) is 18.4 Å². The number of benzene rings is 1. The van der Waals surface area contributed by atoms with Crippen molar-refractivity contribution in [1.29, 1.82) is 0 Å². The van der Waals surface area contributed by atoms with Gasteiger partial charge in [-0.2, -0.15) is 0 Å². The van der Waals surface area contributed by atoms with Gasteiger partial charge in [0.2, 0.25) is 5.91 Å². The number of carbonyl (C=O) groups excluding carboxylic acids is 1. The van der Waals surface area contributed by atoms with Crippen molar-refractivity contribution < 1.29 is 9.90 Å². The Morgan fingerprint density at radius 2 is 2.06 bits per heavy atom. The Balaban J connectivity index is 1.75. The summed E-state index contributed by atoms with van der Waals surface area (Å²) in [4.78, 5) is 13.7. The van der Waals surface area contributed by atoms with Crippen LogP contribution in [-0.2, 0) is 11.2 Å². The first-order chi connectivity index (χ1) is 8.70. The summed E-state index contributed by atoms with van der Waals surface area (Å²) >= 11 is 0. The Kier molecular flexibility index (Phi) is 4.33. The van der Waals surface area contributed by atoms with E-state index in [-0.39, 0.29) is 18.4 Å². The number of rotatable bonds is 5. The van der Waals surface area contributed by atoms with Crippen LogP contribution in [0.25, 0.3) is 0 Å². The number of nitrogens with two attached hydrogens (primary N) is 1. The summed E-state index contributed by atoms with van der Waals surface area (Å²) < 4.78 is 0. The zero-order chi connectivity index (χ0) is 13.0. The standard InChI is InChI=1S/C14H20N2O2/c15-13(7-6-11-4-2-1-3-5-11)14(18)16-8-12(9-16)10-17/h1-5,12-13,17H,6-10,15H2/t13-/m0/s1. The third kappa shape index (κ3) is 3.09. The van der Waals surface area contributed by atoms with Crippen LogP contribution >= 0.6 is 0 Å². The number of aryl methyl sites for hydroxylation is 1. The summed E-state index contributed by atoms with van der Waals surface area (Å²) in [5.41, 5.74) is 7.11. The van der Waals surface area contributed by atoms with E-state index in [9.17, 15) is 4.79 Å². The van der Waals surface area contributed by atoms with Crippen LogP contribution in [0, 0.1) is 5.92 Å². The van der Waals surface area contributed by atoms with Crippen LogP contribution in [0.3, 0.4) is 0 Å². The summed E-state index contributed by atoms with van der Waals surface area (Å²) in [5, 5.41) is 8.91. The van der Waals surface area contributed by atoms with E-state index in [1.807, 2.05) is 30.3 Å². The zero-order valence-electron chi connectivity index (χ0n) is 10.5. The summed E-state index contributed by atoms with van der Waals surface area (Å²) in [6.07, 6.45) is 1.49. The van der Waals surface area contributed by atoms with Gasteiger partial charge in [-0.25, -0.2) is 0 Å². The van der Waals surface area contributed by atoms with Gasteiger partial charge in [-0.15, -0.1) is 0 Å². The summed E-state index contributed by atoms with van der Waals surface area (Å²) in [7, 11) is 0. The van der Waals surface area contributed by atoms with Gasteiger partial charge in [0.15, 0.2) is 0 Å². The number of hydrogen-bond acceptors (Lipinski definition) is 3. The molecule has 0 unspecified atom stereocenters. The Labute approximate surface area is 107 Å². The van der Waals surface area contributed by atoms with Gasteiger partial charge in [0.05, 0.1) is 6.04 Å². The summed E-state index contributed by atoms with van der Waals surface area (Å²) in [5.74, 6) is 0.255. The summed E-state index contributed by atoms with van der Waals surface area (Å²) in [6, 6.07) is 9.62. The van der Waals surface area contributed by atoms with E-state index in [2.05, 4.69) is 0 Å². The third-order valence-electron chi connectivity index (χ3n) is 3.43. The fourth-order valence-corrected chi connectivity index (χ4v) is 2.19. The number of aliphatic hydroxyl groups excluding tert-OH is 1. The normalized spacial score (nSPS) is 17.3. The van der Waals surface area contributed by atoms with Crippen LogP contribution in [0.5, 0.6) is 0 Å². The van der Waals surface area contributed by atoms with Gasteiger partial charge < -0.3 is 15.7 Å². The second-order valence-electron chi connectivity index (χ2n) is 4.92. The van der Waals surface area contributed by atoms with Gasteiger partial charge >= 0.3 is 0 Å². The molecule has 1 aliphatic rings. The number of hydrogen-bond donors (Lipinski definition) is 2. The van der Waals surface area contributed by atoms with Crippen LogP contribution < -0.4 is 5.73 Å². The Bertz CT molecular complexity index is 388. The quantitative estimate of drug-likeness (QED) is 0.792. The molecule has 0 aliphatic carbocycles. The van der Waals surface area contributed by atoms with Crippen molar-refractivity contribution >= 4 is 5.91 Å². The molecule has 1 aliphatic heterocycles. The monoisotopic (exact) mass is 248 g/mol. The molecule has 1 atom stereocenters. The second-order valence-corrected chi connectivity index (χ2v) is 4.92. The molecule has 4 heteroatoms. The highest BCUT2D eigenvalue weighted by Gasteiger charge is 2.32. The third-order valence-corrected chi connectivity index (χ3v) is 3.43. The van der Waals surface area contributed by atoms with Crippen LogP contribution in [0.1, 0.15) is 12.0 Å². The fraction of sp³-hybridized carbons (Fsp3) is 0.500. The molecule has 1 amide bonds. The molecule has 4 nitrogen and oxygen atoms in total. The molecule has 1 saturated heterocycles. The van der Waals surface area contributed by atoms with Gasteiger partial charge in [-0.3, -0.25) is 4.79 Å². The maximum absolute atomic E-state index is 11.9. The minimum atomic E-state index is -0.426. The van der Waals surface area contributed by atoms with Gasteiger partial charge in [-0.1, -0.05) is 30.3 Å². The minimum Gasteiger partial charge on any atom is -0.396 e. The first-order valence-corrected chi connectivity index (χ1v) is 6.40. The molecule has 1 aromatic carbocycles. The fourth-order valence-electron chi connectivity index (χ4n) is 2.19. The smallest absolute Gasteiger partial charge is 0.239 e. The molecular formula is C14H20N2O2. The molecule has 0 aromatic heterocycles. The molecule has 1 heterocycles. The molecule has 1 aromatic rings. The van der Waals surface area contributed by atoms with E-state index in [0.717, 1.165) is 6.42 Å².